The Morgan fingerprint density at radius 2 is 1.93 bits per heavy atom. The maximum absolute atomic E-state index is 10.7. The standard InChI is InChI=1S/C12H10O2S/c13-8-10-6-7-15-12(10)11(14)9-4-2-1-3-5-9/h1-8,11,14H. The molecular formula is C12H10O2S. The molecule has 3 heteroatoms. The third kappa shape index (κ3) is 1.98. The molecule has 1 atom stereocenters. The van der Waals surface area contributed by atoms with Crippen molar-refractivity contribution >= 4 is 17.6 Å². The number of carbonyl (C=O) groups excluding carboxylic acids is 1. The first-order chi connectivity index (χ1) is 7.33. The molecule has 1 aromatic heterocycles. The van der Waals surface area contributed by atoms with E-state index in [1.165, 1.54) is 11.3 Å². The Morgan fingerprint density at radius 1 is 1.20 bits per heavy atom. The number of thiophene rings is 1. The van der Waals surface area contributed by atoms with Crippen LogP contribution in [0.3, 0.4) is 0 Å². The summed E-state index contributed by atoms with van der Waals surface area (Å²) in [5.74, 6) is 0. The summed E-state index contributed by atoms with van der Waals surface area (Å²) in [6.07, 6.45) is 0.0734. The predicted molar refractivity (Wildman–Crippen MR) is 60.2 cm³/mol. The summed E-state index contributed by atoms with van der Waals surface area (Å²) in [7, 11) is 0. The summed E-state index contributed by atoms with van der Waals surface area (Å²) in [6, 6.07) is 11.0. The average molecular weight is 218 g/mol. The highest BCUT2D eigenvalue weighted by molar-refractivity contribution is 7.10. The summed E-state index contributed by atoms with van der Waals surface area (Å²) in [4.78, 5) is 11.4. The van der Waals surface area contributed by atoms with E-state index in [1.54, 1.807) is 6.07 Å². The molecule has 0 aliphatic heterocycles. The van der Waals surface area contributed by atoms with Crippen LogP contribution in [0.5, 0.6) is 0 Å². The summed E-state index contributed by atoms with van der Waals surface area (Å²) in [6.45, 7) is 0. The molecule has 2 rings (SSSR count). The molecule has 0 fully saturated rings. The molecule has 2 nitrogen and oxygen atoms in total. The molecule has 0 aliphatic rings. The van der Waals surface area contributed by atoms with Crippen molar-refractivity contribution in [3.05, 3.63) is 57.8 Å². The van der Waals surface area contributed by atoms with Crippen molar-refractivity contribution < 1.29 is 9.90 Å². The first-order valence-corrected chi connectivity index (χ1v) is 5.46. The highest BCUT2D eigenvalue weighted by atomic mass is 32.1. The number of aliphatic hydroxyl groups excluding tert-OH is 1. The molecule has 15 heavy (non-hydrogen) atoms. The lowest BCUT2D eigenvalue weighted by atomic mass is 10.1. The Bertz CT molecular complexity index is 448. The van der Waals surface area contributed by atoms with Crippen LogP contribution in [0, 0.1) is 0 Å². The topological polar surface area (TPSA) is 37.3 Å². The summed E-state index contributed by atoms with van der Waals surface area (Å²) < 4.78 is 0. The van der Waals surface area contributed by atoms with Crippen molar-refractivity contribution in [2.75, 3.05) is 0 Å². The van der Waals surface area contributed by atoms with Crippen LogP contribution in [0.4, 0.5) is 0 Å². The van der Waals surface area contributed by atoms with Crippen LogP contribution in [-0.4, -0.2) is 11.4 Å². The van der Waals surface area contributed by atoms with Crippen molar-refractivity contribution in [1.82, 2.24) is 0 Å². The van der Waals surface area contributed by atoms with Gasteiger partial charge < -0.3 is 5.11 Å². The van der Waals surface area contributed by atoms with Gasteiger partial charge in [0.2, 0.25) is 0 Å². The molecule has 0 saturated heterocycles. The van der Waals surface area contributed by atoms with Gasteiger partial charge in [0.1, 0.15) is 6.10 Å². The zero-order chi connectivity index (χ0) is 10.7. The third-order valence-electron chi connectivity index (χ3n) is 2.22. The molecule has 1 aromatic carbocycles. The quantitative estimate of drug-likeness (QED) is 0.804. The lowest BCUT2D eigenvalue weighted by molar-refractivity contribution is 0.111. The SMILES string of the molecule is O=Cc1ccsc1C(O)c1ccccc1. The van der Waals surface area contributed by atoms with Gasteiger partial charge in [-0.25, -0.2) is 0 Å². The van der Waals surface area contributed by atoms with Crippen molar-refractivity contribution in [3.63, 3.8) is 0 Å². The molecule has 0 saturated carbocycles. The van der Waals surface area contributed by atoms with E-state index in [1.807, 2.05) is 35.7 Å². The molecule has 0 bridgehead atoms. The minimum atomic E-state index is -0.702. The van der Waals surface area contributed by atoms with Crippen LogP contribution >= 0.6 is 11.3 Å². The van der Waals surface area contributed by atoms with Gasteiger partial charge in [-0.2, -0.15) is 0 Å². The van der Waals surface area contributed by atoms with E-state index in [0.29, 0.717) is 10.4 Å². The zero-order valence-electron chi connectivity index (χ0n) is 7.96. The lowest BCUT2D eigenvalue weighted by Crippen LogP contribution is -1.99. The Kier molecular flexibility index (Phi) is 2.94. The van der Waals surface area contributed by atoms with E-state index in [4.69, 9.17) is 0 Å². The normalized spacial score (nSPS) is 12.3. The molecular weight excluding hydrogens is 208 g/mol. The molecule has 1 N–H and O–H groups in total. The Hall–Kier alpha value is -1.45. The molecule has 1 heterocycles. The van der Waals surface area contributed by atoms with Crippen LogP contribution in [-0.2, 0) is 0 Å². The molecule has 76 valence electrons. The van der Waals surface area contributed by atoms with E-state index in [0.717, 1.165) is 11.8 Å². The van der Waals surface area contributed by atoms with Gasteiger partial charge in [-0.15, -0.1) is 11.3 Å². The molecule has 0 radical (unpaired) electrons. The summed E-state index contributed by atoms with van der Waals surface area (Å²) in [5, 5.41) is 11.9. The van der Waals surface area contributed by atoms with Gasteiger partial charge in [0, 0.05) is 10.4 Å². The van der Waals surface area contributed by atoms with Crippen LogP contribution in [0.15, 0.2) is 41.8 Å². The van der Waals surface area contributed by atoms with Crippen LogP contribution in [0.1, 0.15) is 26.9 Å². The third-order valence-corrected chi connectivity index (χ3v) is 3.20. The Labute approximate surface area is 91.8 Å². The average Bonchev–Trinajstić information content (AvgIpc) is 2.77. The van der Waals surface area contributed by atoms with Crippen molar-refractivity contribution in [1.29, 1.82) is 0 Å². The Morgan fingerprint density at radius 3 is 2.60 bits per heavy atom. The fourth-order valence-corrected chi connectivity index (χ4v) is 2.32. The number of hydrogen-bond donors (Lipinski definition) is 1. The minimum Gasteiger partial charge on any atom is -0.383 e. The second-order valence-electron chi connectivity index (χ2n) is 3.17. The molecule has 0 aliphatic carbocycles. The predicted octanol–water partition coefficient (Wildman–Crippen LogP) is 2.64. The van der Waals surface area contributed by atoms with Gasteiger partial charge in [-0.1, -0.05) is 30.3 Å². The minimum absolute atomic E-state index is 0.566. The largest absolute Gasteiger partial charge is 0.383 e. The Balaban J connectivity index is 2.36. The monoisotopic (exact) mass is 218 g/mol. The second kappa shape index (κ2) is 4.38. The van der Waals surface area contributed by atoms with Crippen molar-refractivity contribution in [3.8, 4) is 0 Å². The number of hydrogen-bond acceptors (Lipinski definition) is 3. The van der Waals surface area contributed by atoms with Gasteiger partial charge in [0.05, 0.1) is 0 Å². The molecule has 2 aromatic rings. The van der Waals surface area contributed by atoms with E-state index in [9.17, 15) is 9.90 Å². The number of aldehydes is 1. The highest BCUT2D eigenvalue weighted by Crippen LogP contribution is 2.28. The number of benzene rings is 1. The van der Waals surface area contributed by atoms with Gasteiger partial charge in [-0.05, 0) is 17.0 Å². The summed E-state index contributed by atoms with van der Waals surface area (Å²) >= 11 is 1.40. The lowest BCUT2D eigenvalue weighted by Gasteiger charge is -2.09. The van der Waals surface area contributed by atoms with Crippen LogP contribution in [0.25, 0.3) is 0 Å². The molecule has 1 unspecified atom stereocenters. The van der Waals surface area contributed by atoms with Crippen LogP contribution in [0.2, 0.25) is 0 Å². The van der Waals surface area contributed by atoms with Crippen molar-refractivity contribution in [2.45, 2.75) is 6.10 Å². The van der Waals surface area contributed by atoms with Crippen molar-refractivity contribution in [2.24, 2.45) is 0 Å². The first kappa shape index (κ1) is 10.1. The van der Waals surface area contributed by atoms with E-state index < -0.39 is 6.10 Å². The van der Waals surface area contributed by atoms with Gasteiger partial charge in [0.15, 0.2) is 6.29 Å². The highest BCUT2D eigenvalue weighted by Gasteiger charge is 2.15. The number of aliphatic hydroxyl groups is 1. The van der Waals surface area contributed by atoms with Gasteiger partial charge in [-0.3, -0.25) is 4.79 Å². The fourth-order valence-electron chi connectivity index (χ4n) is 1.44. The van der Waals surface area contributed by atoms with Crippen LogP contribution < -0.4 is 0 Å². The van der Waals surface area contributed by atoms with E-state index in [2.05, 4.69) is 0 Å². The number of rotatable bonds is 3. The second-order valence-corrected chi connectivity index (χ2v) is 4.12. The smallest absolute Gasteiger partial charge is 0.151 e. The van der Waals surface area contributed by atoms with Gasteiger partial charge in [0.25, 0.3) is 0 Å². The number of carbonyl (C=O) groups is 1. The molecule has 0 amide bonds. The summed E-state index contributed by atoms with van der Waals surface area (Å²) in [5.41, 5.74) is 1.37. The molecule has 0 spiro atoms. The van der Waals surface area contributed by atoms with Gasteiger partial charge >= 0.3 is 0 Å². The maximum atomic E-state index is 10.7. The first-order valence-electron chi connectivity index (χ1n) is 4.58. The fraction of sp³-hybridized carbons (Fsp3) is 0.0833. The van der Waals surface area contributed by atoms with E-state index in [-0.39, 0.29) is 0 Å². The maximum Gasteiger partial charge on any atom is 0.151 e. The van der Waals surface area contributed by atoms with E-state index >= 15 is 0 Å². The zero-order valence-corrected chi connectivity index (χ0v) is 8.78.